The molecule has 0 unspecified atom stereocenters. The molecule has 1 nitrogen and oxygen atoms in total. The van der Waals surface area contributed by atoms with E-state index in [4.69, 9.17) is 0 Å². The minimum atomic E-state index is 1.09. The summed E-state index contributed by atoms with van der Waals surface area (Å²) in [5.74, 6) is 0. The summed E-state index contributed by atoms with van der Waals surface area (Å²) in [7, 11) is 0. The molecule has 2 aromatic heterocycles. The van der Waals surface area contributed by atoms with Crippen LogP contribution < -0.4 is 0 Å². The number of fused-ring (bicyclic) bond motifs is 1. The second-order valence-electron chi connectivity index (χ2n) is 3.36. The molecule has 0 atom stereocenters. The smallest absolute Gasteiger partial charge is 0.0788 e. The van der Waals surface area contributed by atoms with E-state index in [9.17, 15) is 0 Å². The molecule has 72 valence electrons. The lowest BCUT2D eigenvalue weighted by molar-refractivity contribution is 1.41. The Balaban J connectivity index is 2.36. The van der Waals surface area contributed by atoms with Gasteiger partial charge < -0.3 is 0 Å². The average molecular weight is 211 g/mol. The molecule has 0 N–H and O–H groups in total. The first-order valence-electron chi connectivity index (χ1n) is 4.83. The van der Waals surface area contributed by atoms with E-state index < -0.39 is 0 Å². The van der Waals surface area contributed by atoms with Crippen LogP contribution in [-0.4, -0.2) is 4.98 Å². The second-order valence-corrected chi connectivity index (χ2v) is 4.31. The van der Waals surface area contributed by atoms with Gasteiger partial charge in [0.15, 0.2) is 0 Å². The zero-order valence-electron chi connectivity index (χ0n) is 8.05. The molecular formula is C13H9NS. The summed E-state index contributed by atoms with van der Waals surface area (Å²) in [5, 5.41) is 3.29. The third kappa shape index (κ3) is 1.43. The quantitative estimate of drug-likeness (QED) is 0.593. The van der Waals surface area contributed by atoms with Crippen LogP contribution in [0.1, 0.15) is 0 Å². The molecule has 0 radical (unpaired) electrons. The Morgan fingerprint density at radius 1 is 0.933 bits per heavy atom. The summed E-state index contributed by atoms with van der Waals surface area (Å²) in [6.45, 7) is 0. The first-order valence-corrected chi connectivity index (χ1v) is 5.71. The largest absolute Gasteiger partial charge is 0.256 e. The Kier molecular flexibility index (Phi) is 2.00. The number of aromatic nitrogens is 1. The predicted molar refractivity (Wildman–Crippen MR) is 65.1 cm³/mol. The number of nitrogens with zero attached hydrogens (tertiary/aromatic N) is 1. The zero-order valence-corrected chi connectivity index (χ0v) is 8.87. The molecule has 15 heavy (non-hydrogen) atoms. The van der Waals surface area contributed by atoms with Crippen molar-refractivity contribution in [2.24, 2.45) is 0 Å². The summed E-state index contributed by atoms with van der Waals surface area (Å²) >= 11 is 1.75. The Morgan fingerprint density at radius 2 is 1.87 bits per heavy atom. The molecule has 1 aromatic carbocycles. The second kappa shape index (κ2) is 3.48. The maximum Gasteiger partial charge on any atom is 0.0788 e. The van der Waals surface area contributed by atoms with Gasteiger partial charge in [0.25, 0.3) is 0 Å². The zero-order chi connectivity index (χ0) is 10.1. The maximum absolute atomic E-state index is 4.44. The average Bonchev–Trinajstić information content (AvgIpc) is 2.82. The molecule has 0 saturated carbocycles. The highest BCUT2D eigenvalue weighted by molar-refractivity contribution is 7.13. The van der Waals surface area contributed by atoms with Crippen LogP contribution in [0.15, 0.2) is 54.0 Å². The van der Waals surface area contributed by atoms with Gasteiger partial charge in [-0.25, -0.2) is 0 Å². The third-order valence-electron chi connectivity index (χ3n) is 2.42. The third-order valence-corrected chi connectivity index (χ3v) is 3.32. The topological polar surface area (TPSA) is 12.9 Å². The number of hydrogen-bond donors (Lipinski definition) is 0. The predicted octanol–water partition coefficient (Wildman–Crippen LogP) is 3.96. The van der Waals surface area contributed by atoms with Gasteiger partial charge in [-0.1, -0.05) is 30.3 Å². The fourth-order valence-corrected chi connectivity index (χ4v) is 2.49. The van der Waals surface area contributed by atoms with Gasteiger partial charge in [-0.05, 0) is 17.5 Å². The van der Waals surface area contributed by atoms with Crippen LogP contribution in [0, 0.1) is 0 Å². The van der Waals surface area contributed by atoms with E-state index in [0.717, 1.165) is 5.52 Å². The van der Waals surface area contributed by atoms with Crippen LogP contribution in [0.4, 0.5) is 0 Å². The highest BCUT2D eigenvalue weighted by Crippen LogP contribution is 2.29. The lowest BCUT2D eigenvalue weighted by atomic mass is 10.1. The van der Waals surface area contributed by atoms with Crippen molar-refractivity contribution in [3.05, 3.63) is 54.0 Å². The van der Waals surface area contributed by atoms with Crippen molar-refractivity contribution >= 4 is 22.2 Å². The van der Waals surface area contributed by atoms with Crippen LogP contribution in [0.3, 0.4) is 0 Å². The highest BCUT2D eigenvalue weighted by atomic mass is 32.1. The van der Waals surface area contributed by atoms with Gasteiger partial charge in [-0.2, -0.15) is 0 Å². The van der Waals surface area contributed by atoms with Gasteiger partial charge in [-0.15, -0.1) is 11.3 Å². The SMILES string of the molecule is c1csc(-c2cccc3cccnc23)c1. The lowest BCUT2D eigenvalue weighted by Gasteiger charge is -2.02. The van der Waals surface area contributed by atoms with E-state index in [0.29, 0.717) is 0 Å². The Labute approximate surface area is 92.0 Å². The van der Waals surface area contributed by atoms with Crippen molar-refractivity contribution < 1.29 is 0 Å². The fourth-order valence-electron chi connectivity index (χ4n) is 1.73. The van der Waals surface area contributed by atoms with Gasteiger partial charge >= 0.3 is 0 Å². The molecule has 0 saturated heterocycles. The van der Waals surface area contributed by atoms with Gasteiger partial charge in [-0.3, -0.25) is 4.98 Å². The van der Waals surface area contributed by atoms with E-state index >= 15 is 0 Å². The van der Waals surface area contributed by atoms with Crippen molar-refractivity contribution in [1.82, 2.24) is 4.98 Å². The number of para-hydroxylation sites is 1. The minimum absolute atomic E-state index is 1.09. The molecule has 0 aliphatic carbocycles. The van der Waals surface area contributed by atoms with Gasteiger partial charge in [0.1, 0.15) is 0 Å². The first-order chi connectivity index (χ1) is 7.45. The number of thiophene rings is 1. The molecule has 0 aliphatic heterocycles. The highest BCUT2D eigenvalue weighted by Gasteiger charge is 2.04. The fraction of sp³-hybridized carbons (Fsp3) is 0. The normalized spacial score (nSPS) is 10.7. The Hall–Kier alpha value is -1.67. The van der Waals surface area contributed by atoms with E-state index in [1.165, 1.54) is 15.8 Å². The molecular weight excluding hydrogens is 202 g/mol. The van der Waals surface area contributed by atoms with E-state index in [1.807, 2.05) is 12.3 Å². The lowest BCUT2D eigenvalue weighted by Crippen LogP contribution is -1.81. The first kappa shape index (κ1) is 8.62. The van der Waals surface area contributed by atoms with Crippen molar-refractivity contribution in [3.8, 4) is 10.4 Å². The molecule has 2 heterocycles. The summed E-state index contributed by atoms with van der Waals surface area (Å²) in [5.41, 5.74) is 2.31. The van der Waals surface area contributed by atoms with Gasteiger partial charge in [0.05, 0.1) is 5.52 Å². The Bertz CT molecular complexity index is 579. The monoisotopic (exact) mass is 211 g/mol. The maximum atomic E-state index is 4.44. The standard InChI is InChI=1S/C13H9NS/c1-4-10-5-2-8-14-13(10)11(6-1)12-7-3-9-15-12/h1-9H. The molecule has 0 aliphatic rings. The van der Waals surface area contributed by atoms with Gasteiger partial charge in [0.2, 0.25) is 0 Å². The molecule has 3 rings (SSSR count). The number of rotatable bonds is 1. The van der Waals surface area contributed by atoms with Crippen molar-refractivity contribution in [3.63, 3.8) is 0 Å². The molecule has 3 aromatic rings. The van der Waals surface area contributed by atoms with Crippen LogP contribution >= 0.6 is 11.3 Å². The summed E-state index contributed by atoms with van der Waals surface area (Å²) in [6, 6.07) is 14.6. The molecule has 0 spiro atoms. The van der Waals surface area contributed by atoms with E-state index in [-0.39, 0.29) is 0 Å². The molecule has 0 fully saturated rings. The van der Waals surface area contributed by atoms with Crippen molar-refractivity contribution in [1.29, 1.82) is 0 Å². The summed E-state index contributed by atoms with van der Waals surface area (Å²) < 4.78 is 0. The number of benzene rings is 1. The van der Waals surface area contributed by atoms with Crippen LogP contribution in [-0.2, 0) is 0 Å². The van der Waals surface area contributed by atoms with Crippen LogP contribution in [0.2, 0.25) is 0 Å². The molecule has 2 heteroatoms. The Morgan fingerprint density at radius 3 is 2.73 bits per heavy atom. The van der Waals surface area contributed by atoms with Crippen LogP contribution in [0.25, 0.3) is 21.3 Å². The van der Waals surface area contributed by atoms with Crippen LogP contribution in [0.5, 0.6) is 0 Å². The summed E-state index contributed by atoms with van der Waals surface area (Å²) in [4.78, 5) is 5.72. The van der Waals surface area contributed by atoms with E-state index in [2.05, 4.69) is 46.8 Å². The van der Waals surface area contributed by atoms with E-state index in [1.54, 1.807) is 11.3 Å². The number of pyridine rings is 1. The molecule has 0 bridgehead atoms. The number of hydrogen-bond acceptors (Lipinski definition) is 2. The van der Waals surface area contributed by atoms with Gasteiger partial charge in [0, 0.05) is 22.0 Å². The van der Waals surface area contributed by atoms with Crippen molar-refractivity contribution in [2.45, 2.75) is 0 Å². The summed E-state index contributed by atoms with van der Waals surface area (Å²) in [6.07, 6.45) is 1.85. The molecule has 0 amide bonds. The van der Waals surface area contributed by atoms with Crippen molar-refractivity contribution in [2.75, 3.05) is 0 Å². The minimum Gasteiger partial charge on any atom is -0.256 e.